The highest BCUT2D eigenvalue weighted by molar-refractivity contribution is 5.69. The minimum Gasteiger partial charge on any atom is -1.00 e. The molecule has 86 valence electrons. The molecule has 0 aliphatic rings. The number of carbonyl (C=O) groups is 1. The number of ether oxygens (including phenoxy) is 1. The van der Waals surface area contributed by atoms with Crippen LogP contribution in [-0.2, 0) is 23.1 Å². The van der Waals surface area contributed by atoms with E-state index in [4.69, 9.17) is 4.74 Å². The normalized spacial score (nSPS) is 9.47. The van der Waals surface area contributed by atoms with Gasteiger partial charge in [-0.25, -0.2) is 13.9 Å². The van der Waals surface area contributed by atoms with Gasteiger partial charge in [0.25, 0.3) is 0 Å². The molecule has 0 amide bonds. The SMILES string of the molecule is CCCCOC(=O)Cn1cc[n+](C)c1.[Br-]. The molecule has 4 nitrogen and oxygen atoms in total. The van der Waals surface area contributed by atoms with Crippen LogP contribution in [-0.4, -0.2) is 17.1 Å². The van der Waals surface area contributed by atoms with Gasteiger partial charge in [-0.3, -0.25) is 0 Å². The number of esters is 1. The molecule has 5 heteroatoms. The van der Waals surface area contributed by atoms with Gasteiger partial charge in [0.05, 0.1) is 13.7 Å². The summed E-state index contributed by atoms with van der Waals surface area (Å²) in [6.45, 7) is 2.90. The van der Waals surface area contributed by atoms with Crippen LogP contribution in [0.3, 0.4) is 0 Å². The largest absolute Gasteiger partial charge is 1.00 e. The van der Waals surface area contributed by atoms with E-state index in [0.29, 0.717) is 13.2 Å². The van der Waals surface area contributed by atoms with Crippen LogP contribution < -0.4 is 21.5 Å². The Morgan fingerprint density at radius 3 is 2.80 bits per heavy atom. The third-order valence-electron chi connectivity index (χ3n) is 1.90. The van der Waals surface area contributed by atoms with Crippen molar-refractivity contribution in [2.75, 3.05) is 6.61 Å². The Morgan fingerprint density at radius 2 is 2.27 bits per heavy atom. The number of hydrogen-bond acceptors (Lipinski definition) is 2. The number of carbonyl (C=O) groups excluding carboxylic acids is 1. The molecule has 0 N–H and O–H groups in total. The fourth-order valence-corrected chi connectivity index (χ4v) is 1.12. The van der Waals surface area contributed by atoms with Gasteiger partial charge in [-0.1, -0.05) is 13.3 Å². The highest BCUT2D eigenvalue weighted by Gasteiger charge is 2.08. The minimum absolute atomic E-state index is 0. The standard InChI is InChI=1S/C10H17N2O2.BrH/c1-3-4-7-14-10(13)8-12-6-5-11(2)9-12;/h5-6,9H,3-4,7-8H2,1-2H3;1H/q+1;/p-1. The first-order chi connectivity index (χ1) is 6.72. The molecule has 1 heterocycles. The van der Waals surface area contributed by atoms with Crippen LogP contribution in [0.4, 0.5) is 0 Å². The Bertz CT molecular complexity index is 299. The Hall–Kier alpha value is -0.840. The lowest BCUT2D eigenvalue weighted by Crippen LogP contribution is -3.00. The first kappa shape index (κ1) is 14.2. The summed E-state index contributed by atoms with van der Waals surface area (Å²) in [6.07, 6.45) is 7.57. The van der Waals surface area contributed by atoms with Crippen LogP contribution in [0.1, 0.15) is 19.8 Å². The van der Waals surface area contributed by atoms with Gasteiger partial charge in [-0.15, -0.1) is 0 Å². The average molecular weight is 277 g/mol. The van der Waals surface area contributed by atoms with Gasteiger partial charge in [0.1, 0.15) is 12.4 Å². The lowest BCUT2D eigenvalue weighted by Gasteiger charge is -2.00. The third-order valence-corrected chi connectivity index (χ3v) is 1.90. The molecule has 0 aliphatic carbocycles. The lowest BCUT2D eigenvalue weighted by molar-refractivity contribution is -0.671. The second-order valence-corrected chi connectivity index (χ2v) is 3.33. The summed E-state index contributed by atoms with van der Waals surface area (Å²) in [5, 5.41) is 0. The zero-order valence-corrected chi connectivity index (χ0v) is 10.7. The molecule has 1 aromatic rings. The Morgan fingerprint density at radius 1 is 1.53 bits per heavy atom. The van der Waals surface area contributed by atoms with Crippen LogP contribution in [0, 0.1) is 0 Å². The van der Waals surface area contributed by atoms with Gasteiger partial charge in [0.15, 0.2) is 6.54 Å². The summed E-state index contributed by atoms with van der Waals surface area (Å²) in [4.78, 5) is 11.2. The lowest BCUT2D eigenvalue weighted by atomic mass is 10.4. The molecule has 0 radical (unpaired) electrons. The summed E-state index contributed by atoms with van der Waals surface area (Å²) in [5.74, 6) is -0.172. The fraction of sp³-hybridized carbons (Fsp3) is 0.600. The van der Waals surface area contributed by atoms with Crippen molar-refractivity contribution in [3.8, 4) is 0 Å². The van der Waals surface area contributed by atoms with Gasteiger partial charge in [-0.05, 0) is 6.42 Å². The number of hydrogen-bond donors (Lipinski definition) is 0. The molecule has 0 spiro atoms. The van der Waals surface area contributed by atoms with E-state index in [1.807, 2.05) is 30.3 Å². The van der Waals surface area contributed by atoms with E-state index in [2.05, 4.69) is 6.92 Å². The average Bonchev–Trinajstić information content (AvgIpc) is 2.52. The number of imidazole rings is 1. The van der Waals surface area contributed by atoms with Crippen LogP contribution in [0.15, 0.2) is 18.7 Å². The number of halogens is 1. The number of rotatable bonds is 5. The summed E-state index contributed by atoms with van der Waals surface area (Å²) < 4.78 is 8.71. The molecular weight excluding hydrogens is 260 g/mol. The van der Waals surface area contributed by atoms with Crippen molar-refractivity contribution in [2.45, 2.75) is 26.3 Å². The molecule has 0 aromatic carbocycles. The first-order valence-corrected chi connectivity index (χ1v) is 4.89. The van der Waals surface area contributed by atoms with Crippen molar-refractivity contribution < 1.29 is 31.1 Å². The van der Waals surface area contributed by atoms with Gasteiger partial charge < -0.3 is 21.7 Å². The fourth-order valence-electron chi connectivity index (χ4n) is 1.12. The number of aromatic nitrogens is 2. The smallest absolute Gasteiger partial charge is 0.348 e. The highest BCUT2D eigenvalue weighted by atomic mass is 79.9. The van der Waals surface area contributed by atoms with Gasteiger partial charge in [0, 0.05) is 0 Å². The molecule has 0 unspecified atom stereocenters. The maximum absolute atomic E-state index is 11.2. The molecule has 1 aromatic heterocycles. The number of aryl methyl sites for hydroxylation is 1. The molecule has 0 atom stereocenters. The highest BCUT2D eigenvalue weighted by Crippen LogP contribution is 1.91. The van der Waals surface area contributed by atoms with E-state index in [-0.39, 0.29) is 23.0 Å². The maximum atomic E-state index is 11.2. The summed E-state index contributed by atoms with van der Waals surface area (Å²) in [5.41, 5.74) is 0. The van der Waals surface area contributed by atoms with E-state index >= 15 is 0 Å². The van der Waals surface area contributed by atoms with Crippen LogP contribution >= 0.6 is 0 Å². The van der Waals surface area contributed by atoms with Crippen molar-refractivity contribution in [1.29, 1.82) is 0 Å². The second kappa shape index (κ2) is 7.45. The van der Waals surface area contributed by atoms with Gasteiger partial charge in [0.2, 0.25) is 6.33 Å². The molecule has 0 bridgehead atoms. The molecule has 0 aliphatic heterocycles. The number of nitrogens with zero attached hydrogens (tertiary/aromatic N) is 2. The second-order valence-electron chi connectivity index (χ2n) is 3.33. The zero-order chi connectivity index (χ0) is 10.4. The topological polar surface area (TPSA) is 35.1 Å². The van der Waals surface area contributed by atoms with E-state index < -0.39 is 0 Å². The van der Waals surface area contributed by atoms with E-state index in [1.54, 1.807) is 4.57 Å². The third kappa shape index (κ3) is 5.57. The van der Waals surface area contributed by atoms with Gasteiger partial charge in [-0.2, -0.15) is 0 Å². The Kier molecular flexibility index (Phi) is 7.03. The quantitative estimate of drug-likeness (QED) is 0.343. The molecule has 0 saturated heterocycles. The Balaban J connectivity index is 0.00000196. The van der Waals surface area contributed by atoms with Gasteiger partial charge >= 0.3 is 5.97 Å². The first-order valence-electron chi connectivity index (χ1n) is 4.89. The molecule has 15 heavy (non-hydrogen) atoms. The van der Waals surface area contributed by atoms with Crippen molar-refractivity contribution in [2.24, 2.45) is 7.05 Å². The van der Waals surface area contributed by atoms with Crippen molar-refractivity contribution in [3.63, 3.8) is 0 Å². The maximum Gasteiger partial charge on any atom is 0.348 e. The monoisotopic (exact) mass is 276 g/mol. The minimum atomic E-state index is -0.172. The van der Waals surface area contributed by atoms with Crippen molar-refractivity contribution in [1.82, 2.24) is 4.57 Å². The van der Waals surface area contributed by atoms with E-state index in [1.165, 1.54) is 0 Å². The van der Waals surface area contributed by atoms with E-state index in [9.17, 15) is 4.79 Å². The molecule has 0 saturated carbocycles. The van der Waals surface area contributed by atoms with Crippen molar-refractivity contribution >= 4 is 5.97 Å². The summed E-state index contributed by atoms with van der Waals surface area (Å²) in [6, 6.07) is 0. The Labute approximate surface area is 101 Å². The van der Waals surface area contributed by atoms with Crippen molar-refractivity contribution in [3.05, 3.63) is 18.7 Å². The predicted molar refractivity (Wildman–Crippen MR) is 51.5 cm³/mol. The van der Waals surface area contributed by atoms with Crippen LogP contribution in [0.2, 0.25) is 0 Å². The molecule has 0 fully saturated rings. The zero-order valence-electron chi connectivity index (χ0n) is 9.15. The molecular formula is C10H17BrN2O2. The van der Waals surface area contributed by atoms with E-state index in [0.717, 1.165) is 12.8 Å². The van der Waals surface area contributed by atoms with Crippen LogP contribution in [0.25, 0.3) is 0 Å². The summed E-state index contributed by atoms with van der Waals surface area (Å²) >= 11 is 0. The van der Waals surface area contributed by atoms with Crippen LogP contribution in [0.5, 0.6) is 0 Å². The summed E-state index contributed by atoms with van der Waals surface area (Å²) in [7, 11) is 1.92. The predicted octanol–water partition coefficient (Wildman–Crippen LogP) is -2.34. The number of unbranched alkanes of at least 4 members (excludes halogenated alkanes) is 1. The molecule has 1 rings (SSSR count).